The van der Waals surface area contributed by atoms with Crippen molar-refractivity contribution in [2.75, 3.05) is 4.90 Å². The Labute approximate surface area is 84.8 Å². The lowest BCUT2D eigenvalue weighted by Crippen LogP contribution is -2.29. The highest BCUT2D eigenvalue weighted by molar-refractivity contribution is 6.30. The van der Waals surface area contributed by atoms with Gasteiger partial charge in [0.1, 0.15) is 5.15 Å². The molecule has 2 rings (SSSR count). The Balaban J connectivity index is 2.36. The number of pyridine rings is 1. The van der Waals surface area contributed by atoms with Gasteiger partial charge < -0.3 is 0 Å². The summed E-state index contributed by atoms with van der Waals surface area (Å²) in [5.41, 5.74) is 0.425. The van der Waals surface area contributed by atoms with Crippen LogP contribution in [0.3, 0.4) is 0 Å². The van der Waals surface area contributed by atoms with Crippen molar-refractivity contribution in [1.82, 2.24) is 4.98 Å². The summed E-state index contributed by atoms with van der Waals surface area (Å²) in [5, 5.41) is 0.320. The highest BCUT2D eigenvalue weighted by Gasteiger charge is 2.24. The number of imide groups is 1. The van der Waals surface area contributed by atoms with Gasteiger partial charge in [0, 0.05) is 12.2 Å². The largest absolute Gasteiger partial charge is 0.269 e. The molecule has 2 heterocycles. The van der Waals surface area contributed by atoms with Crippen molar-refractivity contribution in [3.05, 3.63) is 35.6 Å². The third-order valence-electron chi connectivity index (χ3n) is 1.78. The van der Waals surface area contributed by atoms with Crippen LogP contribution in [0.2, 0.25) is 5.15 Å². The first-order valence-corrected chi connectivity index (χ1v) is 4.24. The van der Waals surface area contributed by atoms with E-state index in [4.69, 9.17) is 11.6 Å². The van der Waals surface area contributed by atoms with Crippen LogP contribution < -0.4 is 4.90 Å². The first kappa shape index (κ1) is 8.90. The number of hydrogen-bond acceptors (Lipinski definition) is 3. The molecule has 5 heteroatoms. The lowest BCUT2D eigenvalue weighted by molar-refractivity contribution is -0.119. The lowest BCUT2D eigenvalue weighted by Gasteiger charge is -2.12. The molecule has 0 bridgehead atoms. The Bertz CT molecular complexity index is 407. The van der Waals surface area contributed by atoms with Gasteiger partial charge >= 0.3 is 0 Å². The number of carbonyl (C=O) groups is 2. The van der Waals surface area contributed by atoms with E-state index < -0.39 is 0 Å². The van der Waals surface area contributed by atoms with Gasteiger partial charge in [0.2, 0.25) is 0 Å². The van der Waals surface area contributed by atoms with Crippen LogP contribution in [0.15, 0.2) is 30.5 Å². The molecule has 1 aliphatic rings. The van der Waals surface area contributed by atoms with Crippen molar-refractivity contribution in [3.8, 4) is 0 Å². The minimum Gasteiger partial charge on any atom is -0.269 e. The molecule has 4 nitrogen and oxygen atoms in total. The van der Waals surface area contributed by atoms with E-state index in [0.717, 1.165) is 4.90 Å². The molecule has 0 N–H and O–H groups in total. The van der Waals surface area contributed by atoms with Crippen LogP contribution in [-0.4, -0.2) is 16.8 Å². The number of anilines is 1. The van der Waals surface area contributed by atoms with Gasteiger partial charge in [0.15, 0.2) is 0 Å². The van der Waals surface area contributed by atoms with Gasteiger partial charge in [-0.1, -0.05) is 11.6 Å². The lowest BCUT2D eigenvalue weighted by atomic mass is 10.4. The quantitative estimate of drug-likeness (QED) is 0.514. The monoisotopic (exact) mass is 208 g/mol. The van der Waals surface area contributed by atoms with Crippen LogP contribution in [0.1, 0.15) is 0 Å². The van der Waals surface area contributed by atoms with E-state index >= 15 is 0 Å². The summed E-state index contributed by atoms with van der Waals surface area (Å²) in [5.74, 6) is -0.724. The molecule has 70 valence electrons. The van der Waals surface area contributed by atoms with E-state index in [-0.39, 0.29) is 11.8 Å². The first-order valence-electron chi connectivity index (χ1n) is 3.86. The van der Waals surface area contributed by atoms with E-state index in [1.165, 1.54) is 24.4 Å². The smallest absolute Gasteiger partial charge is 0.258 e. The maximum atomic E-state index is 11.2. The predicted octanol–water partition coefficient (Wildman–Crippen LogP) is 1.16. The minimum atomic E-state index is -0.362. The maximum absolute atomic E-state index is 11.2. The zero-order chi connectivity index (χ0) is 10.1. The standard InChI is InChI=1S/C9H5ClN2O2/c10-7-2-1-6(5-11-7)12-8(13)3-4-9(12)14/h1-5H. The number of amides is 2. The summed E-state index contributed by atoms with van der Waals surface area (Å²) in [6.45, 7) is 0. The summed E-state index contributed by atoms with van der Waals surface area (Å²) < 4.78 is 0. The molecule has 2 amide bonds. The molecule has 0 fully saturated rings. The Morgan fingerprint density at radius 3 is 2.29 bits per heavy atom. The molecule has 0 spiro atoms. The van der Waals surface area contributed by atoms with Gasteiger partial charge in [-0.25, -0.2) is 9.88 Å². The first-order chi connectivity index (χ1) is 6.68. The molecule has 0 unspecified atom stereocenters. The summed E-state index contributed by atoms with van der Waals surface area (Å²) in [6, 6.07) is 3.09. The molecule has 1 aromatic rings. The second-order valence-electron chi connectivity index (χ2n) is 2.68. The maximum Gasteiger partial charge on any atom is 0.258 e. The molecule has 0 saturated heterocycles. The Hall–Kier alpha value is -1.68. The fraction of sp³-hybridized carbons (Fsp3) is 0. The molecule has 1 aromatic heterocycles. The van der Waals surface area contributed by atoms with Crippen LogP contribution in [0, 0.1) is 0 Å². The molecule has 0 saturated carbocycles. The van der Waals surface area contributed by atoms with E-state index in [1.54, 1.807) is 6.07 Å². The average molecular weight is 209 g/mol. The molecule has 1 aliphatic heterocycles. The summed E-state index contributed by atoms with van der Waals surface area (Å²) >= 11 is 5.58. The van der Waals surface area contributed by atoms with E-state index in [1.807, 2.05) is 0 Å². The zero-order valence-corrected chi connectivity index (χ0v) is 7.73. The van der Waals surface area contributed by atoms with E-state index in [2.05, 4.69) is 4.98 Å². The molecule has 0 atom stereocenters. The highest BCUT2D eigenvalue weighted by atomic mass is 35.5. The topological polar surface area (TPSA) is 50.3 Å². The second kappa shape index (κ2) is 3.23. The number of hydrogen-bond donors (Lipinski definition) is 0. The third kappa shape index (κ3) is 1.40. The number of carbonyl (C=O) groups excluding carboxylic acids is 2. The number of nitrogens with zero attached hydrogens (tertiary/aromatic N) is 2. The molecule has 0 aliphatic carbocycles. The SMILES string of the molecule is O=C1C=CC(=O)N1c1ccc(Cl)nc1. The van der Waals surface area contributed by atoms with E-state index in [0.29, 0.717) is 10.8 Å². The third-order valence-corrected chi connectivity index (χ3v) is 2.00. The predicted molar refractivity (Wildman–Crippen MR) is 50.9 cm³/mol. The molecule has 0 aromatic carbocycles. The van der Waals surface area contributed by atoms with E-state index in [9.17, 15) is 9.59 Å². The Morgan fingerprint density at radius 1 is 1.14 bits per heavy atom. The van der Waals surface area contributed by atoms with Gasteiger partial charge in [0.05, 0.1) is 11.9 Å². The van der Waals surface area contributed by atoms with Crippen molar-refractivity contribution in [2.24, 2.45) is 0 Å². The fourth-order valence-electron chi connectivity index (χ4n) is 1.16. The van der Waals surface area contributed by atoms with Gasteiger partial charge in [-0.3, -0.25) is 9.59 Å². The second-order valence-corrected chi connectivity index (χ2v) is 3.07. The highest BCUT2D eigenvalue weighted by Crippen LogP contribution is 2.18. The number of rotatable bonds is 1. The van der Waals surface area contributed by atoms with Crippen molar-refractivity contribution in [1.29, 1.82) is 0 Å². The number of halogens is 1. The normalized spacial score (nSPS) is 15.4. The van der Waals surface area contributed by atoms with Crippen molar-refractivity contribution < 1.29 is 9.59 Å². The van der Waals surface area contributed by atoms with Gasteiger partial charge in [0.25, 0.3) is 11.8 Å². The van der Waals surface area contributed by atoms with Gasteiger partial charge in [-0.15, -0.1) is 0 Å². The van der Waals surface area contributed by atoms with Crippen LogP contribution in [0.5, 0.6) is 0 Å². The summed E-state index contributed by atoms with van der Waals surface area (Å²) in [7, 11) is 0. The van der Waals surface area contributed by atoms with Crippen LogP contribution in [0.4, 0.5) is 5.69 Å². The fourth-order valence-corrected chi connectivity index (χ4v) is 1.27. The van der Waals surface area contributed by atoms with Gasteiger partial charge in [-0.2, -0.15) is 0 Å². The Kier molecular flexibility index (Phi) is 2.05. The molecular weight excluding hydrogens is 204 g/mol. The minimum absolute atomic E-state index is 0.320. The van der Waals surface area contributed by atoms with Crippen LogP contribution >= 0.6 is 11.6 Å². The zero-order valence-electron chi connectivity index (χ0n) is 6.98. The van der Waals surface area contributed by atoms with Gasteiger partial charge in [-0.05, 0) is 12.1 Å². The molecular formula is C9H5ClN2O2. The summed E-state index contributed by atoms with van der Waals surface area (Å²) in [6.07, 6.45) is 3.82. The Morgan fingerprint density at radius 2 is 1.79 bits per heavy atom. The average Bonchev–Trinajstić information content (AvgIpc) is 2.49. The number of aromatic nitrogens is 1. The summed E-state index contributed by atoms with van der Waals surface area (Å²) in [4.78, 5) is 27.3. The van der Waals surface area contributed by atoms with Crippen molar-refractivity contribution in [2.45, 2.75) is 0 Å². The van der Waals surface area contributed by atoms with Crippen LogP contribution in [-0.2, 0) is 9.59 Å². The van der Waals surface area contributed by atoms with Crippen LogP contribution in [0.25, 0.3) is 0 Å². The van der Waals surface area contributed by atoms with Crippen molar-refractivity contribution in [3.63, 3.8) is 0 Å². The van der Waals surface area contributed by atoms with Crippen molar-refractivity contribution >= 4 is 29.1 Å². The molecule has 14 heavy (non-hydrogen) atoms. The molecule has 0 radical (unpaired) electrons.